The monoisotopic (exact) mass is 317 g/mol. The second kappa shape index (κ2) is 5.46. The van der Waals surface area contributed by atoms with Gasteiger partial charge in [-0.2, -0.15) is 0 Å². The number of rotatable bonds is 2. The minimum absolute atomic E-state index is 0.163. The summed E-state index contributed by atoms with van der Waals surface area (Å²) >= 11 is 11.8. The van der Waals surface area contributed by atoms with Gasteiger partial charge in [0, 0.05) is 7.05 Å². The maximum absolute atomic E-state index is 12.5. The molecule has 6 nitrogen and oxygen atoms in total. The molecule has 1 N–H and O–H groups in total. The molecule has 2 rings (SSSR count). The van der Waals surface area contributed by atoms with Gasteiger partial charge in [0.2, 0.25) is 11.8 Å². The molecule has 1 aromatic heterocycles. The van der Waals surface area contributed by atoms with Gasteiger partial charge in [-0.3, -0.25) is 19.7 Å². The van der Waals surface area contributed by atoms with E-state index in [1.165, 1.54) is 15.5 Å². The first-order chi connectivity index (χ1) is 9.36. The molecule has 2 heterocycles. The summed E-state index contributed by atoms with van der Waals surface area (Å²) in [6.45, 7) is 1.61. The fourth-order valence-electron chi connectivity index (χ4n) is 2.18. The number of aromatic nitrogens is 1. The van der Waals surface area contributed by atoms with Crippen molar-refractivity contribution in [1.82, 2.24) is 14.8 Å². The summed E-state index contributed by atoms with van der Waals surface area (Å²) in [5.74, 6) is -1.42. The average molecular weight is 318 g/mol. The van der Waals surface area contributed by atoms with Crippen LogP contribution in [0.4, 0.5) is 0 Å². The molecule has 1 unspecified atom stereocenters. The lowest BCUT2D eigenvalue weighted by molar-refractivity contribution is -0.138. The molecule has 0 bridgehead atoms. The van der Waals surface area contributed by atoms with Gasteiger partial charge in [0.25, 0.3) is 5.91 Å². The summed E-state index contributed by atoms with van der Waals surface area (Å²) in [4.78, 5) is 36.9. The number of hydrogen-bond acceptors (Lipinski definition) is 3. The number of carbonyl (C=O) groups is 3. The van der Waals surface area contributed by atoms with Gasteiger partial charge in [-0.05, 0) is 12.5 Å². The van der Waals surface area contributed by atoms with Crippen LogP contribution in [0.5, 0.6) is 0 Å². The van der Waals surface area contributed by atoms with E-state index in [1.54, 1.807) is 14.0 Å². The lowest BCUT2D eigenvalue weighted by Gasteiger charge is -2.33. The van der Waals surface area contributed by atoms with Crippen LogP contribution in [0.25, 0.3) is 0 Å². The molecule has 0 aliphatic carbocycles. The Bertz CT molecular complexity index is 597. The number of carbonyl (C=O) groups excluding carboxylic acids is 3. The van der Waals surface area contributed by atoms with E-state index in [1.807, 2.05) is 0 Å². The minimum atomic E-state index is -0.673. The summed E-state index contributed by atoms with van der Waals surface area (Å²) in [7, 11) is 1.59. The molecule has 1 atom stereocenters. The fraction of sp³-hybridized carbons (Fsp3) is 0.417. The van der Waals surface area contributed by atoms with Gasteiger partial charge in [0.05, 0.1) is 5.02 Å². The summed E-state index contributed by atoms with van der Waals surface area (Å²) in [5.41, 5.74) is 0.237. The molecule has 3 amide bonds. The molecule has 108 valence electrons. The molecule has 0 radical (unpaired) electrons. The molecule has 1 aromatic rings. The Morgan fingerprint density at radius 1 is 1.45 bits per heavy atom. The molecule has 0 spiro atoms. The van der Waals surface area contributed by atoms with Crippen LogP contribution in [-0.4, -0.2) is 39.8 Å². The van der Waals surface area contributed by atoms with E-state index >= 15 is 0 Å². The van der Waals surface area contributed by atoms with Crippen LogP contribution in [0.2, 0.25) is 10.2 Å². The number of imide groups is 1. The van der Waals surface area contributed by atoms with E-state index < -0.39 is 23.8 Å². The number of nitrogens with one attached hydrogen (secondary N) is 1. The third kappa shape index (κ3) is 2.41. The molecule has 1 saturated heterocycles. The predicted molar refractivity (Wildman–Crippen MR) is 73.7 cm³/mol. The van der Waals surface area contributed by atoms with Crippen LogP contribution < -0.4 is 5.32 Å². The Labute approximate surface area is 125 Å². The van der Waals surface area contributed by atoms with E-state index in [2.05, 4.69) is 5.32 Å². The summed E-state index contributed by atoms with van der Waals surface area (Å²) < 4.78 is 1.43. The quantitative estimate of drug-likeness (QED) is 0.833. The second-order valence-electron chi connectivity index (χ2n) is 4.50. The Morgan fingerprint density at radius 3 is 2.60 bits per heavy atom. The van der Waals surface area contributed by atoms with Gasteiger partial charge in [0.15, 0.2) is 0 Å². The van der Waals surface area contributed by atoms with E-state index in [-0.39, 0.29) is 22.4 Å². The van der Waals surface area contributed by atoms with Gasteiger partial charge in [-0.25, -0.2) is 0 Å². The van der Waals surface area contributed by atoms with Crippen LogP contribution in [0.15, 0.2) is 6.07 Å². The molecular weight excluding hydrogens is 305 g/mol. The first-order valence-corrected chi connectivity index (χ1v) is 6.77. The number of nitrogens with zero attached hydrogens (tertiary/aromatic N) is 2. The van der Waals surface area contributed by atoms with Gasteiger partial charge < -0.3 is 9.47 Å². The highest BCUT2D eigenvalue weighted by molar-refractivity contribution is 6.42. The zero-order valence-electron chi connectivity index (χ0n) is 10.9. The molecule has 0 aromatic carbocycles. The topological polar surface area (TPSA) is 71.4 Å². The Balaban J connectivity index is 2.37. The van der Waals surface area contributed by atoms with Crippen molar-refractivity contribution >= 4 is 40.9 Å². The van der Waals surface area contributed by atoms with Gasteiger partial charge in [0.1, 0.15) is 23.4 Å². The number of hydrogen-bond donors (Lipinski definition) is 1. The zero-order chi connectivity index (χ0) is 15.0. The molecule has 20 heavy (non-hydrogen) atoms. The van der Waals surface area contributed by atoms with Gasteiger partial charge in [-0.15, -0.1) is 0 Å². The lowest BCUT2D eigenvalue weighted by Crippen LogP contribution is -2.59. The fourth-order valence-corrected chi connectivity index (χ4v) is 2.56. The normalized spacial score (nSPS) is 19.2. The van der Waals surface area contributed by atoms with Crippen molar-refractivity contribution in [3.8, 4) is 0 Å². The van der Waals surface area contributed by atoms with Crippen LogP contribution >= 0.6 is 23.2 Å². The van der Waals surface area contributed by atoms with Gasteiger partial charge in [-0.1, -0.05) is 30.1 Å². The highest BCUT2D eigenvalue weighted by Crippen LogP contribution is 2.26. The maximum atomic E-state index is 12.5. The number of piperazine rings is 1. The highest BCUT2D eigenvalue weighted by atomic mass is 35.5. The summed E-state index contributed by atoms with van der Waals surface area (Å²) in [5, 5.41) is 2.70. The predicted octanol–water partition coefficient (Wildman–Crippen LogP) is 1.21. The van der Waals surface area contributed by atoms with Crippen molar-refractivity contribution in [3.63, 3.8) is 0 Å². The Kier molecular flexibility index (Phi) is 4.06. The first kappa shape index (κ1) is 14.9. The van der Waals surface area contributed by atoms with Crippen molar-refractivity contribution in [1.29, 1.82) is 0 Å². The molecule has 0 saturated carbocycles. The van der Waals surface area contributed by atoms with E-state index in [0.717, 1.165) is 0 Å². The van der Waals surface area contributed by atoms with E-state index in [0.29, 0.717) is 6.42 Å². The molecule has 1 fully saturated rings. The van der Waals surface area contributed by atoms with E-state index in [4.69, 9.17) is 23.2 Å². The van der Waals surface area contributed by atoms with Crippen LogP contribution in [0.1, 0.15) is 23.8 Å². The van der Waals surface area contributed by atoms with Crippen LogP contribution in [0, 0.1) is 0 Å². The third-order valence-electron chi connectivity index (χ3n) is 3.24. The zero-order valence-corrected chi connectivity index (χ0v) is 12.5. The smallest absolute Gasteiger partial charge is 0.271 e. The number of halogens is 2. The highest BCUT2D eigenvalue weighted by Gasteiger charge is 2.37. The third-order valence-corrected chi connectivity index (χ3v) is 4.08. The molecule has 8 heteroatoms. The molecule has 1 aliphatic heterocycles. The maximum Gasteiger partial charge on any atom is 0.271 e. The van der Waals surface area contributed by atoms with Crippen molar-refractivity contribution in [3.05, 3.63) is 21.9 Å². The van der Waals surface area contributed by atoms with Crippen LogP contribution in [-0.2, 0) is 16.6 Å². The SMILES string of the molecule is CCC1C(=O)NC(=O)CN1C(=O)c1cc(Cl)c(Cl)n1C. The standard InChI is InChI=1S/C12H13Cl2N3O3/c1-3-7-11(19)15-9(18)5-17(7)12(20)8-4-6(13)10(14)16(8)2/h4,7H,3,5H2,1-2H3,(H,15,18,19). The van der Waals surface area contributed by atoms with Crippen molar-refractivity contribution in [2.75, 3.05) is 6.54 Å². The second-order valence-corrected chi connectivity index (χ2v) is 5.26. The summed E-state index contributed by atoms with van der Waals surface area (Å²) in [6.07, 6.45) is 0.413. The van der Waals surface area contributed by atoms with Crippen molar-refractivity contribution in [2.24, 2.45) is 7.05 Å². The Morgan fingerprint density at radius 2 is 2.10 bits per heavy atom. The van der Waals surface area contributed by atoms with Crippen molar-refractivity contribution < 1.29 is 14.4 Å². The number of amides is 3. The molecular formula is C12H13Cl2N3O3. The van der Waals surface area contributed by atoms with Crippen molar-refractivity contribution in [2.45, 2.75) is 19.4 Å². The van der Waals surface area contributed by atoms with E-state index in [9.17, 15) is 14.4 Å². The Hall–Kier alpha value is -1.53. The van der Waals surface area contributed by atoms with Crippen LogP contribution in [0.3, 0.4) is 0 Å². The average Bonchev–Trinajstić information content (AvgIpc) is 2.65. The first-order valence-electron chi connectivity index (χ1n) is 6.02. The largest absolute Gasteiger partial charge is 0.329 e. The summed E-state index contributed by atoms with van der Waals surface area (Å²) in [6, 6.07) is 0.753. The lowest BCUT2D eigenvalue weighted by atomic mass is 10.1. The van der Waals surface area contributed by atoms with Gasteiger partial charge >= 0.3 is 0 Å². The minimum Gasteiger partial charge on any atom is -0.329 e. The molecule has 1 aliphatic rings.